The number of fused-ring (bicyclic) bond motifs is 3. The number of pyridine rings is 1. The third kappa shape index (κ3) is 4.14. The lowest BCUT2D eigenvalue weighted by Crippen LogP contribution is -2.49. The molecule has 4 rings (SSSR count). The van der Waals surface area contributed by atoms with E-state index in [2.05, 4.69) is 20.1 Å². The lowest BCUT2D eigenvalue weighted by molar-refractivity contribution is -0.117. The predicted octanol–water partition coefficient (Wildman–Crippen LogP) is 1.20. The number of amides is 1. The average molecular weight is 396 g/mol. The van der Waals surface area contributed by atoms with Gasteiger partial charge in [0.25, 0.3) is 0 Å². The maximum absolute atomic E-state index is 12.5. The SMILES string of the molecule is Cc1cc(NC(=O)CN2CCN(CCO)CC2)nc2c1c(=O)oc1ccccc12. The Morgan fingerprint density at radius 3 is 2.69 bits per heavy atom. The first-order valence-corrected chi connectivity index (χ1v) is 9.74. The summed E-state index contributed by atoms with van der Waals surface area (Å²) >= 11 is 0. The van der Waals surface area contributed by atoms with Gasteiger partial charge in [-0.1, -0.05) is 12.1 Å². The number of nitrogens with zero attached hydrogens (tertiary/aromatic N) is 3. The van der Waals surface area contributed by atoms with Crippen molar-refractivity contribution in [3.63, 3.8) is 0 Å². The fraction of sp³-hybridized carbons (Fsp3) is 0.381. The predicted molar refractivity (Wildman–Crippen MR) is 111 cm³/mol. The van der Waals surface area contributed by atoms with Gasteiger partial charge in [0, 0.05) is 38.1 Å². The Hall–Kier alpha value is -2.81. The Balaban J connectivity index is 1.53. The van der Waals surface area contributed by atoms with Crippen molar-refractivity contribution in [1.29, 1.82) is 0 Å². The summed E-state index contributed by atoms with van der Waals surface area (Å²) in [5.41, 5.74) is 1.29. The van der Waals surface area contributed by atoms with Crippen LogP contribution < -0.4 is 10.9 Å². The number of aliphatic hydroxyl groups excluding tert-OH is 1. The zero-order chi connectivity index (χ0) is 20.4. The zero-order valence-electron chi connectivity index (χ0n) is 16.4. The number of para-hydroxylation sites is 1. The maximum Gasteiger partial charge on any atom is 0.346 e. The van der Waals surface area contributed by atoms with Crippen LogP contribution in [-0.4, -0.2) is 71.7 Å². The maximum atomic E-state index is 12.5. The smallest absolute Gasteiger partial charge is 0.346 e. The van der Waals surface area contributed by atoms with Crippen LogP contribution in [0.2, 0.25) is 0 Å². The molecule has 0 bridgehead atoms. The van der Waals surface area contributed by atoms with Gasteiger partial charge < -0.3 is 14.8 Å². The van der Waals surface area contributed by atoms with Gasteiger partial charge in [-0.15, -0.1) is 0 Å². The van der Waals surface area contributed by atoms with Crippen LogP contribution in [0.3, 0.4) is 0 Å². The van der Waals surface area contributed by atoms with Gasteiger partial charge in [0.1, 0.15) is 11.4 Å². The second-order valence-corrected chi connectivity index (χ2v) is 7.32. The van der Waals surface area contributed by atoms with Crippen molar-refractivity contribution in [2.45, 2.75) is 6.92 Å². The van der Waals surface area contributed by atoms with E-state index in [1.165, 1.54) is 0 Å². The lowest BCUT2D eigenvalue weighted by Gasteiger charge is -2.33. The number of nitrogens with one attached hydrogen (secondary N) is 1. The fourth-order valence-corrected chi connectivity index (χ4v) is 3.79. The first-order chi connectivity index (χ1) is 14.0. The lowest BCUT2D eigenvalue weighted by atomic mass is 10.1. The van der Waals surface area contributed by atoms with Crippen molar-refractivity contribution < 1.29 is 14.3 Å². The first-order valence-electron chi connectivity index (χ1n) is 9.74. The summed E-state index contributed by atoms with van der Waals surface area (Å²) in [4.78, 5) is 33.7. The number of β-amino-alcohol motifs (C(OH)–C–C–N with tert-alkyl or cyclic N) is 1. The van der Waals surface area contributed by atoms with E-state index < -0.39 is 5.63 Å². The van der Waals surface area contributed by atoms with Gasteiger partial charge in [-0.05, 0) is 30.7 Å². The molecule has 8 nitrogen and oxygen atoms in total. The van der Waals surface area contributed by atoms with Crippen molar-refractivity contribution in [1.82, 2.24) is 14.8 Å². The van der Waals surface area contributed by atoms with E-state index in [0.717, 1.165) is 31.6 Å². The number of hydrogen-bond acceptors (Lipinski definition) is 7. The van der Waals surface area contributed by atoms with E-state index in [-0.39, 0.29) is 19.1 Å². The van der Waals surface area contributed by atoms with Crippen LogP contribution in [0.4, 0.5) is 5.82 Å². The van der Waals surface area contributed by atoms with E-state index in [1.807, 2.05) is 19.1 Å². The molecule has 0 aliphatic carbocycles. The minimum absolute atomic E-state index is 0.140. The standard InChI is InChI=1S/C21H24N4O4/c1-14-12-17(22-18(27)13-25-8-6-24(7-9-25)10-11-26)23-20-15-4-2-3-5-16(15)29-21(28)19(14)20/h2-5,12,26H,6-11,13H2,1H3,(H,22,23,27). The molecule has 2 N–H and O–H groups in total. The summed E-state index contributed by atoms with van der Waals surface area (Å²) in [6.45, 7) is 6.15. The van der Waals surface area contributed by atoms with Crippen LogP contribution in [0, 0.1) is 6.92 Å². The number of carbonyl (C=O) groups excluding carboxylic acids is 1. The third-order valence-corrected chi connectivity index (χ3v) is 5.28. The molecule has 2 aromatic heterocycles. The molecule has 1 fully saturated rings. The minimum Gasteiger partial charge on any atom is -0.422 e. The normalized spacial score (nSPS) is 15.8. The highest BCUT2D eigenvalue weighted by atomic mass is 16.4. The molecular weight excluding hydrogens is 372 g/mol. The van der Waals surface area contributed by atoms with E-state index in [4.69, 9.17) is 9.52 Å². The average Bonchev–Trinajstić information content (AvgIpc) is 2.69. The summed E-state index contributed by atoms with van der Waals surface area (Å²) in [5, 5.41) is 13.1. The highest BCUT2D eigenvalue weighted by Crippen LogP contribution is 2.25. The number of benzene rings is 1. The van der Waals surface area contributed by atoms with Crippen molar-refractivity contribution in [2.24, 2.45) is 0 Å². The van der Waals surface area contributed by atoms with Crippen LogP contribution in [0.15, 0.2) is 39.5 Å². The molecular formula is C21H24N4O4. The number of rotatable bonds is 5. The Labute approximate surface area is 167 Å². The highest BCUT2D eigenvalue weighted by Gasteiger charge is 2.19. The van der Waals surface area contributed by atoms with Crippen molar-refractivity contribution in [3.05, 3.63) is 46.3 Å². The fourth-order valence-electron chi connectivity index (χ4n) is 3.79. The second-order valence-electron chi connectivity index (χ2n) is 7.32. The minimum atomic E-state index is -0.428. The molecule has 29 heavy (non-hydrogen) atoms. The molecule has 8 heteroatoms. The van der Waals surface area contributed by atoms with E-state index in [1.54, 1.807) is 18.2 Å². The number of hydrogen-bond donors (Lipinski definition) is 2. The molecule has 0 unspecified atom stereocenters. The number of aromatic nitrogens is 1. The first kappa shape index (κ1) is 19.5. The molecule has 0 radical (unpaired) electrons. The van der Waals surface area contributed by atoms with Crippen LogP contribution in [0.5, 0.6) is 0 Å². The number of aryl methyl sites for hydroxylation is 1. The molecule has 1 amide bonds. The van der Waals surface area contributed by atoms with Crippen molar-refractivity contribution in [3.8, 4) is 0 Å². The summed E-state index contributed by atoms with van der Waals surface area (Å²) in [6, 6.07) is 8.95. The number of carbonyl (C=O) groups is 1. The molecule has 0 spiro atoms. The van der Waals surface area contributed by atoms with Crippen molar-refractivity contribution in [2.75, 3.05) is 51.2 Å². The van der Waals surface area contributed by atoms with E-state index in [9.17, 15) is 9.59 Å². The third-order valence-electron chi connectivity index (χ3n) is 5.28. The molecule has 1 aliphatic rings. The zero-order valence-corrected chi connectivity index (χ0v) is 16.4. The topological polar surface area (TPSA) is 98.9 Å². The van der Waals surface area contributed by atoms with Gasteiger partial charge in [-0.3, -0.25) is 14.6 Å². The van der Waals surface area contributed by atoms with Gasteiger partial charge in [-0.25, -0.2) is 9.78 Å². The Kier molecular flexibility index (Phi) is 5.57. The summed E-state index contributed by atoms with van der Waals surface area (Å²) < 4.78 is 5.39. The summed E-state index contributed by atoms with van der Waals surface area (Å²) in [5.74, 6) is 0.286. The summed E-state index contributed by atoms with van der Waals surface area (Å²) in [7, 11) is 0. The molecule has 152 valence electrons. The molecule has 1 saturated heterocycles. The van der Waals surface area contributed by atoms with Gasteiger partial charge in [0.15, 0.2) is 0 Å². The summed E-state index contributed by atoms with van der Waals surface area (Å²) in [6.07, 6.45) is 0. The highest BCUT2D eigenvalue weighted by molar-refractivity contribution is 6.04. The van der Waals surface area contributed by atoms with Crippen LogP contribution >= 0.6 is 0 Å². The molecule has 0 atom stereocenters. The Bertz CT molecular complexity index is 1100. The van der Waals surface area contributed by atoms with Gasteiger partial charge in [0.05, 0.1) is 24.1 Å². The quantitative estimate of drug-likeness (QED) is 0.494. The second kappa shape index (κ2) is 8.28. The Morgan fingerprint density at radius 2 is 1.93 bits per heavy atom. The number of piperazine rings is 1. The van der Waals surface area contributed by atoms with Crippen LogP contribution in [0.25, 0.3) is 21.9 Å². The molecule has 1 aliphatic heterocycles. The largest absolute Gasteiger partial charge is 0.422 e. The van der Waals surface area contributed by atoms with E-state index in [0.29, 0.717) is 34.4 Å². The van der Waals surface area contributed by atoms with Gasteiger partial charge in [-0.2, -0.15) is 0 Å². The van der Waals surface area contributed by atoms with Crippen molar-refractivity contribution >= 4 is 33.6 Å². The Morgan fingerprint density at radius 1 is 1.21 bits per heavy atom. The van der Waals surface area contributed by atoms with E-state index >= 15 is 0 Å². The van der Waals surface area contributed by atoms with Crippen LogP contribution in [-0.2, 0) is 4.79 Å². The molecule has 3 aromatic rings. The van der Waals surface area contributed by atoms with Crippen LogP contribution in [0.1, 0.15) is 5.56 Å². The molecule has 1 aromatic carbocycles. The molecule has 0 saturated carbocycles. The number of aliphatic hydroxyl groups is 1. The molecule has 3 heterocycles. The van der Waals surface area contributed by atoms with Gasteiger partial charge >= 0.3 is 5.63 Å². The number of anilines is 1. The monoisotopic (exact) mass is 396 g/mol. The van der Waals surface area contributed by atoms with Gasteiger partial charge in [0.2, 0.25) is 5.91 Å².